The quantitative estimate of drug-likeness (QED) is 0.205. The van der Waals surface area contributed by atoms with Crippen molar-refractivity contribution in [3.05, 3.63) is 0 Å². The predicted molar refractivity (Wildman–Crippen MR) is 107 cm³/mol. The zero-order valence-corrected chi connectivity index (χ0v) is 17.3. The average Bonchev–Trinajstić information content (AvgIpc) is 2.56. The summed E-state index contributed by atoms with van der Waals surface area (Å²) in [5.74, 6) is 0.851. The van der Waals surface area contributed by atoms with Crippen molar-refractivity contribution in [3.8, 4) is 0 Å². The third-order valence-corrected chi connectivity index (χ3v) is 5.03. The summed E-state index contributed by atoms with van der Waals surface area (Å²) in [7, 11) is 0. The number of aliphatic hydroxyl groups excluding tert-OH is 2. The van der Waals surface area contributed by atoms with Gasteiger partial charge in [-0.2, -0.15) is 0 Å². The summed E-state index contributed by atoms with van der Waals surface area (Å²) in [6.07, 6.45) is 13.0. The molecule has 0 bridgehead atoms. The first kappa shape index (κ1) is 24.8. The average molecular weight is 361 g/mol. The monoisotopic (exact) mass is 360 g/mol. The van der Waals surface area contributed by atoms with Gasteiger partial charge in [0.2, 0.25) is 0 Å². The van der Waals surface area contributed by atoms with E-state index in [1.165, 1.54) is 51.4 Å². The van der Waals surface area contributed by atoms with Crippen LogP contribution in [0.15, 0.2) is 0 Å². The van der Waals surface area contributed by atoms with Gasteiger partial charge in [-0.25, -0.2) is 0 Å². The summed E-state index contributed by atoms with van der Waals surface area (Å²) in [6, 6.07) is 0. The number of ether oxygens (including phenoxy) is 1. The van der Waals surface area contributed by atoms with Gasteiger partial charge < -0.3 is 14.9 Å². The molecule has 0 saturated carbocycles. The second kappa shape index (κ2) is 17.3. The summed E-state index contributed by atoms with van der Waals surface area (Å²) >= 11 is 0. The highest BCUT2D eigenvalue weighted by Gasteiger charge is 2.25. The van der Waals surface area contributed by atoms with Crippen LogP contribution in [-0.2, 0) is 4.74 Å². The second-order valence-electron chi connectivity index (χ2n) is 8.01. The van der Waals surface area contributed by atoms with Gasteiger partial charge in [0, 0.05) is 0 Å². The molecule has 0 atom stereocenters. The van der Waals surface area contributed by atoms with Crippen LogP contribution >= 0.6 is 0 Å². The summed E-state index contributed by atoms with van der Waals surface area (Å²) < 4.78 is 6.57. The molecule has 0 aromatic carbocycles. The Morgan fingerprint density at radius 3 is 1.76 bits per heavy atom. The number of quaternary nitrogens is 1. The molecular weight excluding hydrogens is 314 g/mol. The Hall–Kier alpha value is -0.160. The lowest BCUT2D eigenvalue weighted by atomic mass is 10.0. The lowest BCUT2D eigenvalue weighted by Gasteiger charge is -2.37. The van der Waals surface area contributed by atoms with Crippen LogP contribution in [0.1, 0.15) is 85.0 Å². The fraction of sp³-hybridized carbons (Fsp3) is 1.00. The molecule has 0 aromatic heterocycles. The van der Waals surface area contributed by atoms with Crippen molar-refractivity contribution < 1.29 is 19.4 Å². The minimum absolute atomic E-state index is 0.153. The molecule has 0 aliphatic carbocycles. The highest BCUT2D eigenvalue weighted by atomic mass is 16.5. The van der Waals surface area contributed by atoms with Crippen LogP contribution in [0.4, 0.5) is 0 Å². The molecule has 0 aromatic rings. The van der Waals surface area contributed by atoms with Gasteiger partial charge in [0.05, 0.1) is 26.4 Å². The number of rotatable bonds is 19. The number of hydrogen-bond acceptors (Lipinski definition) is 3. The van der Waals surface area contributed by atoms with Gasteiger partial charge in [-0.15, -0.1) is 0 Å². The van der Waals surface area contributed by atoms with Gasteiger partial charge in [-0.3, -0.25) is 4.48 Å². The van der Waals surface area contributed by atoms with Gasteiger partial charge in [-0.05, 0) is 18.8 Å². The molecule has 0 radical (unpaired) electrons. The molecule has 0 fully saturated rings. The van der Waals surface area contributed by atoms with Crippen molar-refractivity contribution in [2.24, 2.45) is 5.92 Å². The minimum Gasteiger partial charge on any atom is -0.391 e. The van der Waals surface area contributed by atoms with E-state index in [0.29, 0.717) is 24.3 Å². The van der Waals surface area contributed by atoms with Crippen molar-refractivity contribution in [2.45, 2.75) is 85.0 Å². The van der Waals surface area contributed by atoms with Gasteiger partial charge in [0.1, 0.15) is 13.1 Å². The number of hydrogen-bond donors (Lipinski definition) is 2. The maximum Gasteiger partial charge on any atom is 0.183 e. The fourth-order valence-electron chi connectivity index (χ4n) is 3.50. The Kier molecular flexibility index (Phi) is 17.2. The zero-order valence-electron chi connectivity index (χ0n) is 17.3. The number of aliphatic hydroxyl groups is 2. The Morgan fingerprint density at radius 2 is 1.28 bits per heavy atom. The van der Waals surface area contributed by atoms with Crippen molar-refractivity contribution >= 4 is 0 Å². The van der Waals surface area contributed by atoms with Crippen molar-refractivity contribution in [3.63, 3.8) is 0 Å². The smallest absolute Gasteiger partial charge is 0.183 e. The largest absolute Gasteiger partial charge is 0.391 e. The fourth-order valence-corrected chi connectivity index (χ4v) is 3.50. The summed E-state index contributed by atoms with van der Waals surface area (Å²) in [5, 5.41) is 18.6. The molecular formula is C21H46NO3+. The second-order valence-corrected chi connectivity index (χ2v) is 8.01. The lowest BCUT2D eigenvalue weighted by Crippen LogP contribution is -2.53. The maximum atomic E-state index is 9.31. The van der Waals surface area contributed by atoms with E-state index in [-0.39, 0.29) is 13.2 Å². The standard InChI is InChI=1S/C21H46NO3/c1-4-14-22(15-17-23,16-18-24)20-25-19-12-10-8-6-5-7-9-11-13-21(2)3/h21,23-24H,4-20H2,1-3H3/q+1. The molecule has 0 spiro atoms. The van der Waals surface area contributed by atoms with E-state index >= 15 is 0 Å². The zero-order chi connectivity index (χ0) is 18.8. The van der Waals surface area contributed by atoms with Gasteiger partial charge in [0.15, 0.2) is 6.73 Å². The van der Waals surface area contributed by atoms with Crippen LogP contribution in [0, 0.1) is 5.92 Å². The molecule has 4 heteroatoms. The molecule has 152 valence electrons. The highest BCUT2D eigenvalue weighted by Crippen LogP contribution is 2.13. The molecule has 0 aliphatic rings. The third kappa shape index (κ3) is 14.7. The highest BCUT2D eigenvalue weighted by molar-refractivity contribution is 4.49. The first-order chi connectivity index (χ1) is 12.1. The number of unbranched alkanes of at least 4 members (excludes halogenated alkanes) is 7. The van der Waals surface area contributed by atoms with E-state index in [1.54, 1.807) is 0 Å². The van der Waals surface area contributed by atoms with Crippen molar-refractivity contribution in [2.75, 3.05) is 46.2 Å². The van der Waals surface area contributed by atoms with Crippen LogP contribution in [0.3, 0.4) is 0 Å². The predicted octanol–water partition coefficient (Wildman–Crippen LogP) is 4.34. The molecule has 4 nitrogen and oxygen atoms in total. The molecule has 25 heavy (non-hydrogen) atoms. The first-order valence-corrected chi connectivity index (χ1v) is 10.7. The van der Waals surface area contributed by atoms with E-state index in [1.807, 2.05) is 0 Å². The van der Waals surface area contributed by atoms with Crippen LogP contribution in [-0.4, -0.2) is 60.9 Å². The Labute approximate surface area is 157 Å². The maximum absolute atomic E-state index is 9.31. The summed E-state index contributed by atoms with van der Waals surface area (Å²) in [6.45, 7) is 10.8. The molecule has 0 saturated heterocycles. The van der Waals surface area contributed by atoms with Crippen LogP contribution < -0.4 is 0 Å². The number of nitrogens with zero attached hydrogens (tertiary/aromatic N) is 1. The minimum atomic E-state index is 0.153. The molecule has 0 aliphatic heterocycles. The SMILES string of the molecule is CCC[N+](CCO)(CCO)COCCCCCCCCCCC(C)C. The van der Waals surface area contributed by atoms with Gasteiger partial charge >= 0.3 is 0 Å². The van der Waals surface area contributed by atoms with Crippen molar-refractivity contribution in [1.82, 2.24) is 0 Å². The molecule has 0 heterocycles. The van der Waals surface area contributed by atoms with E-state index in [9.17, 15) is 10.2 Å². The Bertz CT molecular complexity index is 255. The van der Waals surface area contributed by atoms with Gasteiger partial charge in [-0.1, -0.05) is 72.1 Å². The van der Waals surface area contributed by atoms with E-state index in [4.69, 9.17) is 4.74 Å². The topological polar surface area (TPSA) is 49.7 Å². The molecule has 0 rings (SSSR count). The summed E-state index contributed by atoms with van der Waals surface area (Å²) in [4.78, 5) is 0. The molecule has 0 amide bonds. The normalized spacial score (nSPS) is 12.2. The first-order valence-electron chi connectivity index (χ1n) is 10.7. The van der Waals surface area contributed by atoms with Crippen LogP contribution in [0.5, 0.6) is 0 Å². The van der Waals surface area contributed by atoms with Gasteiger partial charge in [0.25, 0.3) is 0 Å². The molecule has 0 unspecified atom stereocenters. The van der Waals surface area contributed by atoms with Crippen LogP contribution in [0.2, 0.25) is 0 Å². The van der Waals surface area contributed by atoms with Crippen molar-refractivity contribution in [1.29, 1.82) is 0 Å². The van der Waals surface area contributed by atoms with E-state index in [0.717, 1.165) is 31.9 Å². The van der Waals surface area contributed by atoms with E-state index < -0.39 is 0 Å². The van der Waals surface area contributed by atoms with Crippen LogP contribution in [0.25, 0.3) is 0 Å². The lowest BCUT2D eigenvalue weighted by molar-refractivity contribution is -0.946. The molecule has 2 N–H and O–H groups in total. The Morgan fingerprint density at radius 1 is 0.760 bits per heavy atom. The van der Waals surface area contributed by atoms with E-state index in [2.05, 4.69) is 20.8 Å². The summed E-state index contributed by atoms with van der Waals surface area (Å²) in [5.41, 5.74) is 0. The third-order valence-electron chi connectivity index (χ3n) is 5.03. The Balaban J connectivity index is 3.59.